The van der Waals surface area contributed by atoms with E-state index in [1.165, 1.54) is 12.8 Å². The third-order valence-electron chi connectivity index (χ3n) is 3.05. The summed E-state index contributed by atoms with van der Waals surface area (Å²) in [5, 5.41) is 3.31. The van der Waals surface area contributed by atoms with E-state index in [4.69, 9.17) is 4.98 Å². The van der Waals surface area contributed by atoms with Gasteiger partial charge in [-0.2, -0.15) is 0 Å². The van der Waals surface area contributed by atoms with Gasteiger partial charge < -0.3 is 5.32 Å². The second-order valence-corrected chi connectivity index (χ2v) is 8.65. The van der Waals surface area contributed by atoms with Crippen molar-refractivity contribution in [1.82, 2.24) is 9.97 Å². The lowest BCUT2D eigenvalue weighted by Crippen LogP contribution is -2.05. The van der Waals surface area contributed by atoms with Crippen molar-refractivity contribution < 1.29 is 0 Å². The average Bonchev–Trinajstić information content (AvgIpc) is 3.19. The van der Waals surface area contributed by atoms with Crippen LogP contribution in [-0.2, 0) is 0 Å². The highest BCUT2D eigenvalue weighted by molar-refractivity contribution is 9.13. The number of hydrogen-bond donors (Lipinski definition) is 1. The summed E-state index contributed by atoms with van der Waals surface area (Å²) < 4.78 is 3.12. The van der Waals surface area contributed by atoms with Crippen LogP contribution in [0.2, 0.25) is 0 Å². The molecule has 1 aliphatic carbocycles. The van der Waals surface area contributed by atoms with Gasteiger partial charge in [-0.1, -0.05) is 0 Å². The molecule has 2 aromatic rings. The molecule has 20 heavy (non-hydrogen) atoms. The van der Waals surface area contributed by atoms with Crippen LogP contribution in [0.1, 0.15) is 31.4 Å². The predicted octanol–water partition coefficient (Wildman–Crippen LogP) is 5.80. The Bertz CT molecular complexity index is 633. The van der Waals surface area contributed by atoms with Crippen molar-refractivity contribution in [2.45, 2.75) is 25.7 Å². The summed E-state index contributed by atoms with van der Waals surface area (Å²) in [7, 11) is 0. The monoisotopic (exact) mass is 479 g/mol. The lowest BCUT2D eigenvalue weighted by atomic mass is 10.2. The fourth-order valence-electron chi connectivity index (χ4n) is 1.94. The summed E-state index contributed by atoms with van der Waals surface area (Å²) in [6.07, 6.45) is 2.44. The molecule has 3 rings (SSSR count). The molecule has 0 aliphatic heterocycles. The second kappa shape index (κ2) is 6.02. The first kappa shape index (κ1) is 14.9. The molecule has 0 aromatic carbocycles. The van der Waals surface area contributed by atoms with E-state index in [9.17, 15) is 0 Å². The van der Waals surface area contributed by atoms with Crippen LogP contribution in [0.4, 0.5) is 5.82 Å². The third-order valence-corrected chi connectivity index (χ3v) is 7.08. The van der Waals surface area contributed by atoms with Crippen molar-refractivity contribution in [3.63, 3.8) is 0 Å². The number of anilines is 1. The molecule has 0 spiro atoms. The van der Waals surface area contributed by atoms with Gasteiger partial charge in [0.05, 0.1) is 18.8 Å². The topological polar surface area (TPSA) is 37.8 Å². The van der Waals surface area contributed by atoms with Gasteiger partial charge in [-0.15, -0.1) is 11.3 Å². The van der Waals surface area contributed by atoms with Crippen LogP contribution >= 0.6 is 59.1 Å². The van der Waals surface area contributed by atoms with Crippen molar-refractivity contribution in [2.24, 2.45) is 0 Å². The molecule has 7 heteroatoms. The van der Waals surface area contributed by atoms with Crippen molar-refractivity contribution >= 4 is 64.9 Å². The molecule has 0 amide bonds. The van der Waals surface area contributed by atoms with Gasteiger partial charge in [-0.3, -0.25) is 0 Å². The molecule has 0 saturated heterocycles. The first-order chi connectivity index (χ1) is 9.60. The van der Waals surface area contributed by atoms with E-state index < -0.39 is 0 Å². The maximum Gasteiger partial charge on any atom is 0.172 e. The summed E-state index contributed by atoms with van der Waals surface area (Å²) >= 11 is 12.3. The third kappa shape index (κ3) is 2.96. The molecule has 1 fully saturated rings. The highest BCUT2D eigenvalue weighted by Gasteiger charge is 2.29. The molecule has 3 nitrogen and oxygen atoms in total. The van der Waals surface area contributed by atoms with E-state index in [2.05, 4.69) is 71.1 Å². The average molecular weight is 482 g/mol. The Balaban J connectivity index is 2.10. The Hall–Kier alpha value is 0.0200. The quantitative estimate of drug-likeness (QED) is 0.599. The number of thiophene rings is 1. The standard InChI is InChI=1S/C13H12Br3N3S/c1-2-17-13-9(15)10(6-3-4-6)18-12(19-13)8-5-7(14)11(16)20-8/h5-6H,2-4H2,1H3,(H,17,18,19). The van der Waals surface area contributed by atoms with E-state index in [0.717, 1.165) is 41.5 Å². The van der Waals surface area contributed by atoms with Crippen molar-refractivity contribution in [1.29, 1.82) is 0 Å². The fraction of sp³-hybridized carbons (Fsp3) is 0.385. The molecule has 1 saturated carbocycles. The first-order valence-electron chi connectivity index (χ1n) is 6.36. The smallest absolute Gasteiger partial charge is 0.172 e. The molecular formula is C13H12Br3N3S. The van der Waals surface area contributed by atoms with Gasteiger partial charge in [0.15, 0.2) is 5.82 Å². The van der Waals surface area contributed by atoms with E-state index in [0.29, 0.717) is 5.92 Å². The van der Waals surface area contributed by atoms with Gasteiger partial charge in [0.2, 0.25) is 0 Å². The second-order valence-electron chi connectivity index (χ2n) is 4.63. The minimum Gasteiger partial charge on any atom is -0.369 e. The van der Waals surface area contributed by atoms with E-state index in [-0.39, 0.29) is 0 Å². The Kier molecular flexibility index (Phi) is 4.50. The van der Waals surface area contributed by atoms with Crippen LogP contribution < -0.4 is 5.32 Å². The minimum absolute atomic E-state index is 0.579. The SMILES string of the molecule is CCNc1nc(-c2cc(Br)c(Br)s2)nc(C2CC2)c1Br. The van der Waals surface area contributed by atoms with Crippen LogP contribution in [0.15, 0.2) is 18.8 Å². The zero-order chi connectivity index (χ0) is 14.3. The molecule has 0 bridgehead atoms. The molecule has 106 valence electrons. The van der Waals surface area contributed by atoms with Crippen LogP contribution in [-0.4, -0.2) is 16.5 Å². The molecule has 0 atom stereocenters. The maximum atomic E-state index is 4.77. The van der Waals surface area contributed by atoms with Gasteiger partial charge in [0.1, 0.15) is 5.82 Å². The lowest BCUT2D eigenvalue weighted by molar-refractivity contribution is 0.976. The van der Waals surface area contributed by atoms with Crippen molar-refractivity contribution in [2.75, 3.05) is 11.9 Å². The highest BCUT2D eigenvalue weighted by atomic mass is 79.9. The number of rotatable bonds is 4. The van der Waals surface area contributed by atoms with Gasteiger partial charge >= 0.3 is 0 Å². The van der Waals surface area contributed by atoms with Crippen LogP contribution in [0, 0.1) is 0 Å². The summed E-state index contributed by atoms with van der Waals surface area (Å²) in [5.74, 6) is 2.26. The molecule has 2 heterocycles. The van der Waals surface area contributed by atoms with Gasteiger partial charge in [-0.05, 0) is 73.6 Å². The largest absolute Gasteiger partial charge is 0.369 e. The fourth-order valence-corrected chi connectivity index (χ4v) is 4.55. The summed E-state index contributed by atoms with van der Waals surface area (Å²) in [5.41, 5.74) is 1.13. The molecule has 1 N–H and O–H groups in total. The van der Waals surface area contributed by atoms with E-state index in [1.54, 1.807) is 11.3 Å². The summed E-state index contributed by atoms with van der Waals surface area (Å²) in [4.78, 5) is 10.5. The van der Waals surface area contributed by atoms with Gasteiger partial charge in [0, 0.05) is 16.9 Å². The molecule has 0 radical (unpaired) electrons. The van der Waals surface area contributed by atoms with E-state index >= 15 is 0 Å². The zero-order valence-corrected chi connectivity index (χ0v) is 16.3. The van der Waals surface area contributed by atoms with Crippen LogP contribution in [0.25, 0.3) is 10.7 Å². The Morgan fingerprint density at radius 2 is 2.05 bits per heavy atom. The summed E-state index contributed by atoms with van der Waals surface area (Å²) in [6, 6.07) is 2.06. The molecule has 1 aliphatic rings. The number of hydrogen-bond acceptors (Lipinski definition) is 4. The predicted molar refractivity (Wildman–Crippen MR) is 94.6 cm³/mol. The maximum absolute atomic E-state index is 4.77. The normalized spacial score (nSPS) is 14.6. The number of halogens is 3. The lowest BCUT2D eigenvalue weighted by Gasteiger charge is -2.11. The minimum atomic E-state index is 0.579. The Labute approximate surface area is 147 Å². The molecule has 2 aromatic heterocycles. The molecular weight excluding hydrogens is 470 g/mol. The van der Waals surface area contributed by atoms with Gasteiger partial charge in [-0.25, -0.2) is 9.97 Å². The summed E-state index contributed by atoms with van der Waals surface area (Å²) in [6.45, 7) is 2.92. The van der Waals surface area contributed by atoms with Crippen LogP contribution in [0.5, 0.6) is 0 Å². The highest BCUT2D eigenvalue weighted by Crippen LogP contribution is 2.45. The number of nitrogens with one attached hydrogen (secondary N) is 1. The Morgan fingerprint density at radius 1 is 1.30 bits per heavy atom. The first-order valence-corrected chi connectivity index (χ1v) is 9.56. The van der Waals surface area contributed by atoms with Crippen LogP contribution in [0.3, 0.4) is 0 Å². The van der Waals surface area contributed by atoms with Crippen molar-refractivity contribution in [3.05, 3.63) is 24.5 Å². The van der Waals surface area contributed by atoms with E-state index in [1.807, 2.05) is 0 Å². The van der Waals surface area contributed by atoms with Gasteiger partial charge in [0.25, 0.3) is 0 Å². The number of aromatic nitrogens is 2. The molecule has 0 unspecified atom stereocenters. The zero-order valence-electron chi connectivity index (χ0n) is 10.7. The van der Waals surface area contributed by atoms with Crippen molar-refractivity contribution in [3.8, 4) is 10.7 Å². The number of nitrogens with zero attached hydrogens (tertiary/aromatic N) is 2. The Morgan fingerprint density at radius 3 is 2.60 bits per heavy atom.